The average molecular weight is 377 g/mol. The summed E-state index contributed by atoms with van der Waals surface area (Å²) in [6, 6.07) is 10.1. The van der Waals surface area contributed by atoms with Crippen molar-refractivity contribution in [1.29, 1.82) is 0 Å². The Bertz CT molecular complexity index is 889. The van der Waals surface area contributed by atoms with Crippen molar-refractivity contribution in [1.82, 2.24) is 30.3 Å². The van der Waals surface area contributed by atoms with E-state index < -0.39 is 0 Å². The maximum absolute atomic E-state index is 12.5. The van der Waals surface area contributed by atoms with E-state index in [1.54, 1.807) is 23.3 Å². The fourth-order valence-electron chi connectivity index (χ4n) is 3.41. The monoisotopic (exact) mass is 377 g/mol. The van der Waals surface area contributed by atoms with Gasteiger partial charge in [0.05, 0.1) is 25.5 Å². The minimum atomic E-state index is 0.0206. The maximum Gasteiger partial charge on any atom is 0.223 e. The van der Waals surface area contributed by atoms with Crippen LogP contribution in [0.1, 0.15) is 24.1 Å². The van der Waals surface area contributed by atoms with E-state index >= 15 is 0 Å². The van der Waals surface area contributed by atoms with E-state index in [4.69, 9.17) is 0 Å². The summed E-state index contributed by atoms with van der Waals surface area (Å²) >= 11 is 0. The van der Waals surface area contributed by atoms with Gasteiger partial charge in [0.1, 0.15) is 11.5 Å². The molecule has 1 aliphatic rings. The van der Waals surface area contributed by atoms with Crippen molar-refractivity contribution in [2.45, 2.75) is 25.9 Å². The predicted molar refractivity (Wildman–Crippen MR) is 104 cm³/mol. The van der Waals surface area contributed by atoms with E-state index in [-0.39, 0.29) is 11.8 Å². The van der Waals surface area contributed by atoms with Crippen molar-refractivity contribution in [3.63, 3.8) is 0 Å². The molecule has 2 aromatic heterocycles. The van der Waals surface area contributed by atoms with Gasteiger partial charge in [-0.2, -0.15) is 0 Å². The highest BCUT2D eigenvalue weighted by Gasteiger charge is 2.25. The Balaban J connectivity index is 1.24. The molecule has 1 N–H and O–H groups in total. The van der Waals surface area contributed by atoms with Crippen LogP contribution in [0.15, 0.2) is 55.1 Å². The summed E-state index contributed by atoms with van der Waals surface area (Å²) in [5, 5.41) is 11.3. The number of piperidine rings is 1. The smallest absolute Gasteiger partial charge is 0.223 e. The first-order valence-corrected chi connectivity index (χ1v) is 9.49. The Kier molecular flexibility index (Phi) is 5.56. The zero-order valence-electron chi connectivity index (χ0n) is 15.6. The standard InChI is InChI=1S/C20H23N7O/c28-20(17-6-10-26(11-7-17)19-13-21-8-9-22-19)23-12-18-15-27(25-24-18)14-16-4-2-1-3-5-16/h1-5,8-9,13,15,17H,6-7,10-12,14H2,(H,23,28). The second-order valence-electron chi connectivity index (χ2n) is 6.94. The molecule has 8 nitrogen and oxygen atoms in total. The second-order valence-corrected chi connectivity index (χ2v) is 6.94. The zero-order valence-corrected chi connectivity index (χ0v) is 15.6. The molecule has 1 fully saturated rings. The number of carbonyl (C=O) groups excluding carboxylic acids is 1. The first-order chi connectivity index (χ1) is 13.8. The van der Waals surface area contributed by atoms with E-state index in [1.807, 2.05) is 24.4 Å². The topological polar surface area (TPSA) is 88.8 Å². The molecule has 1 amide bonds. The number of nitrogens with zero attached hydrogens (tertiary/aromatic N) is 6. The highest BCUT2D eigenvalue weighted by Crippen LogP contribution is 2.21. The molecule has 144 valence electrons. The third-order valence-corrected chi connectivity index (χ3v) is 4.96. The van der Waals surface area contributed by atoms with Crippen LogP contribution in [-0.2, 0) is 17.9 Å². The van der Waals surface area contributed by atoms with E-state index in [0.717, 1.165) is 43.0 Å². The number of anilines is 1. The van der Waals surface area contributed by atoms with Gasteiger partial charge in [0.2, 0.25) is 5.91 Å². The number of benzene rings is 1. The number of aromatic nitrogens is 5. The van der Waals surface area contributed by atoms with Crippen molar-refractivity contribution < 1.29 is 4.79 Å². The maximum atomic E-state index is 12.5. The summed E-state index contributed by atoms with van der Waals surface area (Å²) in [5.74, 6) is 0.972. The largest absolute Gasteiger partial charge is 0.355 e. The van der Waals surface area contributed by atoms with Gasteiger partial charge >= 0.3 is 0 Å². The molecule has 0 atom stereocenters. The number of nitrogens with one attached hydrogen (secondary N) is 1. The Labute approximate surface area is 163 Å². The van der Waals surface area contributed by atoms with E-state index in [0.29, 0.717) is 13.1 Å². The molecule has 1 aromatic carbocycles. The molecule has 0 spiro atoms. The van der Waals surface area contributed by atoms with Gasteiger partial charge in [-0.1, -0.05) is 35.5 Å². The quantitative estimate of drug-likeness (QED) is 0.703. The minimum absolute atomic E-state index is 0.0206. The fraction of sp³-hybridized carbons (Fsp3) is 0.350. The SMILES string of the molecule is O=C(NCc1cn(Cc2ccccc2)nn1)C1CCN(c2cnccn2)CC1. The van der Waals surface area contributed by atoms with Crippen LogP contribution in [-0.4, -0.2) is 44.0 Å². The van der Waals surface area contributed by atoms with Gasteiger partial charge in [0, 0.05) is 31.4 Å². The highest BCUT2D eigenvalue weighted by atomic mass is 16.1. The van der Waals surface area contributed by atoms with Crippen LogP contribution in [0, 0.1) is 5.92 Å². The van der Waals surface area contributed by atoms with E-state index in [1.165, 1.54) is 0 Å². The van der Waals surface area contributed by atoms with Gasteiger partial charge in [-0.3, -0.25) is 9.78 Å². The summed E-state index contributed by atoms with van der Waals surface area (Å²) in [5.41, 5.74) is 1.93. The van der Waals surface area contributed by atoms with Crippen LogP contribution in [0.25, 0.3) is 0 Å². The summed E-state index contributed by atoms with van der Waals surface area (Å²) in [4.78, 5) is 23.1. The van der Waals surface area contributed by atoms with Crippen molar-refractivity contribution >= 4 is 11.7 Å². The van der Waals surface area contributed by atoms with Gasteiger partial charge in [-0.15, -0.1) is 5.10 Å². The minimum Gasteiger partial charge on any atom is -0.355 e. The van der Waals surface area contributed by atoms with Crippen molar-refractivity contribution in [2.24, 2.45) is 5.92 Å². The van der Waals surface area contributed by atoms with Gasteiger partial charge in [0.15, 0.2) is 0 Å². The van der Waals surface area contributed by atoms with Gasteiger partial charge in [-0.25, -0.2) is 9.67 Å². The van der Waals surface area contributed by atoms with Crippen molar-refractivity contribution in [3.8, 4) is 0 Å². The molecular weight excluding hydrogens is 354 g/mol. The van der Waals surface area contributed by atoms with Crippen LogP contribution < -0.4 is 10.2 Å². The number of amides is 1. The predicted octanol–water partition coefficient (Wildman–Crippen LogP) is 1.65. The molecular formula is C20H23N7O. The Hall–Kier alpha value is -3.29. The lowest BCUT2D eigenvalue weighted by molar-refractivity contribution is -0.125. The lowest BCUT2D eigenvalue weighted by Crippen LogP contribution is -2.40. The number of hydrogen-bond acceptors (Lipinski definition) is 6. The van der Waals surface area contributed by atoms with Gasteiger partial charge in [0.25, 0.3) is 0 Å². The van der Waals surface area contributed by atoms with Crippen molar-refractivity contribution in [3.05, 3.63) is 66.4 Å². The third-order valence-electron chi connectivity index (χ3n) is 4.96. The molecule has 1 aliphatic heterocycles. The number of rotatable bonds is 6. The fourth-order valence-corrected chi connectivity index (χ4v) is 3.41. The summed E-state index contributed by atoms with van der Waals surface area (Å²) in [6.45, 7) is 2.69. The summed E-state index contributed by atoms with van der Waals surface area (Å²) in [6.07, 6.45) is 8.62. The highest BCUT2D eigenvalue weighted by molar-refractivity contribution is 5.78. The Morgan fingerprint density at radius 2 is 1.96 bits per heavy atom. The van der Waals surface area contributed by atoms with Gasteiger partial charge < -0.3 is 10.2 Å². The average Bonchev–Trinajstić information content (AvgIpc) is 3.21. The summed E-state index contributed by atoms with van der Waals surface area (Å²) < 4.78 is 1.79. The molecule has 4 rings (SSSR count). The molecule has 0 bridgehead atoms. The summed E-state index contributed by atoms with van der Waals surface area (Å²) in [7, 11) is 0. The van der Waals surface area contributed by atoms with Crippen LogP contribution in [0.3, 0.4) is 0 Å². The van der Waals surface area contributed by atoms with E-state index in [2.05, 4.69) is 42.6 Å². The van der Waals surface area contributed by atoms with Crippen LogP contribution in [0.2, 0.25) is 0 Å². The molecule has 3 aromatic rings. The number of hydrogen-bond donors (Lipinski definition) is 1. The molecule has 0 aliphatic carbocycles. The lowest BCUT2D eigenvalue weighted by Gasteiger charge is -2.31. The molecule has 0 radical (unpaired) electrons. The van der Waals surface area contributed by atoms with E-state index in [9.17, 15) is 4.79 Å². The lowest BCUT2D eigenvalue weighted by atomic mass is 9.96. The molecule has 8 heteroatoms. The Morgan fingerprint density at radius 3 is 2.71 bits per heavy atom. The molecule has 0 saturated carbocycles. The first-order valence-electron chi connectivity index (χ1n) is 9.49. The van der Waals surface area contributed by atoms with Crippen LogP contribution >= 0.6 is 0 Å². The zero-order chi connectivity index (χ0) is 19.2. The molecule has 28 heavy (non-hydrogen) atoms. The van der Waals surface area contributed by atoms with Crippen molar-refractivity contribution in [2.75, 3.05) is 18.0 Å². The molecule has 3 heterocycles. The first kappa shape index (κ1) is 18.1. The van der Waals surface area contributed by atoms with Crippen LogP contribution in [0.5, 0.6) is 0 Å². The molecule has 1 saturated heterocycles. The normalized spacial score (nSPS) is 14.8. The second kappa shape index (κ2) is 8.60. The van der Waals surface area contributed by atoms with Gasteiger partial charge in [-0.05, 0) is 18.4 Å². The Morgan fingerprint density at radius 1 is 1.14 bits per heavy atom. The van der Waals surface area contributed by atoms with Crippen LogP contribution in [0.4, 0.5) is 5.82 Å². The molecule has 0 unspecified atom stereocenters. The third kappa shape index (κ3) is 4.51. The number of carbonyl (C=O) groups is 1.